The first-order valence-electron chi connectivity index (χ1n) is 11.2. The van der Waals surface area contributed by atoms with Crippen molar-refractivity contribution in [3.63, 3.8) is 0 Å². The molecule has 9 nitrogen and oxygen atoms in total. The molecule has 2 aliphatic heterocycles. The Hall–Kier alpha value is -1.22. The van der Waals surface area contributed by atoms with E-state index in [1.54, 1.807) is 0 Å². The first-order valence-corrected chi connectivity index (χ1v) is 16.1. The molecule has 1 saturated heterocycles. The zero-order valence-electron chi connectivity index (χ0n) is 20.2. The number of nitrogens with zero attached hydrogens (tertiary/aromatic N) is 2. The van der Waals surface area contributed by atoms with E-state index in [1.165, 1.54) is 20.9 Å². The van der Waals surface area contributed by atoms with E-state index >= 15 is 0 Å². The van der Waals surface area contributed by atoms with Crippen LogP contribution >= 0.6 is 23.4 Å². The lowest BCUT2D eigenvalue weighted by Crippen LogP contribution is -2.48. The molecule has 0 spiro atoms. The van der Waals surface area contributed by atoms with Crippen molar-refractivity contribution in [3.05, 3.63) is 58.6 Å². The molecule has 36 heavy (non-hydrogen) atoms. The lowest BCUT2D eigenvalue weighted by Gasteiger charge is -2.39. The Morgan fingerprint density at radius 3 is 2.11 bits per heavy atom. The minimum atomic E-state index is -3.67. The third-order valence-corrected chi connectivity index (χ3v) is 6.86. The first-order chi connectivity index (χ1) is 16.7. The van der Waals surface area contributed by atoms with Crippen LogP contribution in [0.25, 0.3) is 0 Å². The Bertz CT molecular complexity index is 1160. The van der Waals surface area contributed by atoms with Crippen LogP contribution in [0.3, 0.4) is 0 Å². The van der Waals surface area contributed by atoms with E-state index in [-0.39, 0.29) is 6.61 Å². The Kier molecular flexibility index (Phi) is 12.1. The van der Waals surface area contributed by atoms with E-state index in [0.29, 0.717) is 18.6 Å². The van der Waals surface area contributed by atoms with Crippen molar-refractivity contribution < 1.29 is 31.0 Å². The van der Waals surface area contributed by atoms with E-state index in [1.807, 2.05) is 17.8 Å². The van der Waals surface area contributed by atoms with Gasteiger partial charge < -0.3 is 10.0 Å². The molecule has 0 aliphatic carbocycles. The summed E-state index contributed by atoms with van der Waals surface area (Å²) in [6, 6.07) is 15.5. The Morgan fingerprint density at radius 1 is 0.944 bits per heavy atom. The van der Waals surface area contributed by atoms with Gasteiger partial charge in [0.1, 0.15) is 0 Å². The van der Waals surface area contributed by atoms with Gasteiger partial charge in [0.2, 0.25) is 0 Å². The molecule has 202 valence electrons. The fraction of sp³-hybridized carbons (Fsp3) is 0.478. The normalized spacial score (nSPS) is 18.4. The molecule has 4 rings (SSSR count). The van der Waals surface area contributed by atoms with Gasteiger partial charge >= 0.3 is 0 Å². The molecule has 1 fully saturated rings. The van der Waals surface area contributed by atoms with Crippen molar-refractivity contribution in [1.29, 1.82) is 0 Å². The summed E-state index contributed by atoms with van der Waals surface area (Å²) in [4.78, 5) is 7.77. The molecule has 2 aliphatic rings. The number of fused-ring (bicyclic) bond motifs is 2. The number of benzene rings is 2. The third kappa shape index (κ3) is 11.9. The van der Waals surface area contributed by atoms with Crippen LogP contribution in [0.4, 0.5) is 0 Å². The minimum Gasteiger partial charge on any atom is -0.396 e. The molecular formula is C23H33ClN2O7S3. The molecule has 3 N–H and O–H groups in total. The van der Waals surface area contributed by atoms with Crippen molar-refractivity contribution in [1.82, 2.24) is 9.80 Å². The fourth-order valence-electron chi connectivity index (χ4n) is 4.00. The van der Waals surface area contributed by atoms with Crippen LogP contribution in [-0.2, 0) is 26.7 Å². The number of rotatable bonds is 4. The van der Waals surface area contributed by atoms with Gasteiger partial charge in [0.05, 0.1) is 12.5 Å². The van der Waals surface area contributed by atoms with Gasteiger partial charge in [0, 0.05) is 60.2 Å². The maximum Gasteiger partial charge on any atom is 0.261 e. The van der Waals surface area contributed by atoms with Gasteiger partial charge in [-0.2, -0.15) is 16.8 Å². The summed E-state index contributed by atoms with van der Waals surface area (Å²) in [5.74, 6) is 0. The highest BCUT2D eigenvalue weighted by atomic mass is 35.5. The molecule has 2 aromatic rings. The molecule has 0 bridgehead atoms. The summed E-state index contributed by atoms with van der Waals surface area (Å²) in [5, 5.41) is 9.88. The predicted molar refractivity (Wildman–Crippen MR) is 143 cm³/mol. The van der Waals surface area contributed by atoms with Crippen molar-refractivity contribution >= 4 is 43.6 Å². The molecule has 1 atom stereocenters. The summed E-state index contributed by atoms with van der Waals surface area (Å²) < 4.78 is 51.7. The first kappa shape index (κ1) is 31.0. The molecule has 0 aromatic heterocycles. The van der Waals surface area contributed by atoms with Crippen LogP contribution in [0.1, 0.15) is 23.6 Å². The van der Waals surface area contributed by atoms with E-state index < -0.39 is 20.2 Å². The fourth-order valence-corrected chi connectivity index (χ4v) is 5.30. The smallest absolute Gasteiger partial charge is 0.261 e. The molecule has 2 heterocycles. The third-order valence-electron chi connectivity index (χ3n) is 5.42. The van der Waals surface area contributed by atoms with Gasteiger partial charge in [0.15, 0.2) is 0 Å². The SMILES string of the molecule is CS(=O)(=O)O.CS(=O)(=O)O.OCCCN1CCN(C2Cc3ccccc3Sc3ccc(Cl)cc32)CC1. The predicted octanol–water partition coefficient (Wildman–Crippen LogP) is 3.10. The molecule has 0 amide bonds. The standard InChI is InChI=1S/C21H25ClN2OS.2CH4O3S/c22-17-6-7-21-18(15-17)19(14-16-4-1-2-5-20(16)26-21)24-11-9-23(10-12-24)8-3-13-25;2*1-5(2,3)4/h1-2,4-7,15,19,25H,3,8-14H2;2*1H3,(H,2,3,4). The van der Waals surface area contributed by atoms with Gasteiger partial charge in [-0.1, -0.05) is 41.6 Å². The van der Waals surface area contributed by atoms with Crippen LogP contribution < -0.4 is 0 Å². The van der Waals surface area contributed by atoms with Crippen molar-refractivity contribution in [2.45, 2.75) is 28.7 Å². The minimum absolute atomic E-state index is 0.280. The van der Waals surface area contributed by atoms with Crippen LogP contribution in [-0.4, -0.2) is 92.7 Å². The van der Waals surface area contributed by atoms with Crippen molar-refractivity contribution in [2.24, 2.45) is 0 Å². The number of piperazine rings is 1. The second-order valence-corrected chi connectivity index (χ2v) is 13.0. The molecular weight excluding hydrogens is 548 g/mol. The Labute approximate surface area is 223 Å². The van der Waals surface area contributed by atoms with E-state index in [2.05, 4.69) is 46.2 Å². The summed E-state index contributed by atoms with van der Waals surface area (Å²) in [7, 11) is -7.33. The average molecular weight is 581 g/mol. The van der Waals surface area contributed by atoms with Gasteiger partial charge in [0.25, 0.3) is 20.2 Å². The van der Waals surface area contributed by atoms with E-state index in [4.69, 9.17) is 25.8 Å². The Morgan fingerprint density at radius 2 is 1.53 bits per heavy atom. The lowest BCUT2D eigenvalue weighted by atomic mass is 9.96. The molecule has 2 aromatic carbocycles. The summed E-state index contributed by atoms with van der Waals surface area (Å²) in [6.45, 7) is 5.55. The highest BCUT2D eigenvalue weighted by Gasteiger charge is 2.30. The number of halogens is 1. The highest BCUT2D eigenvalue weighted by molar-refractivity contribution is 7.99. The molecule has 0 saturated carbocycles. The molecule has 0 radical (unpaired) electrons. The lowest BCUT2D eigenvalue weighted by molar-refractivity contribution is 0.0899. The molecule has 13 heteroatoms. The van der Waals surface area contributed by atoms with E-state index in [9.17, 15) is 16.8 Å². The zero-order chi connectivity index (χ0) is 26.9. The van der Waals surface area contributed by atoms with Crippen LogP contribution in [0.5, 0.6) is 0 Å². The largest absolute Gasteiger partial charge is 0.396 e. The summed E-state index contributed by atoms with van der Waals surface area (Å²) in [5.41, 5.74) is 2.79. The second kappa shape index (κ2) is 14.1. The quantitative estimate of drug-likeness (QED) is 0.463. The van der Waals surface area contributed by atoms with Crippen LogP contribution in [0.15, 0.2) is 52.3 Å². The maximum absolute atomic E-state index is 9.19. The average Bonchev–Trinajstić information content (AvgIpc) is 2.92. The maximum atomic E-state index is 9.19. The van der Waals surface area contributed by atoms with E-state index in [0.717, 1.165) is 50.6 Å². The topological polar surface area (TPSA) is 135 Å². The molecule has 1 unspecified atom stereocenters. The van der Waals surface area contributed by atoms with Gasteiger partial charge in [-0.3, -0.25) is 14.0 Å². The number of hydrogen-bond donors (Lipinski definition) is 3. The summed E-state index contributed by atoms with van der Waals surface area (Å²) in [6.07, 6.45) is 3.33. The summed E-state index contributed by atoms with van der Waals surface area (Å²) >= 11 is 8.23. The van der Waals surface area contributed by atoms with Crippen molar-refractivity contribution in [2.75, 3.05) is 51.8 Å². The highest BCUT2D eigenvalue weighted by Crippen LogP contribution is 2.43. The van der Waals surface area contributed by atoms with Crippen LogP contribution in [0, 0.1) is 0 Å². The van der Waals surface area contributed by atoms with Gasteiger partial charge in [-0.15, -0.1) is 0 Å². The Balaban J connectivity index is 0.000000389. The number of aliphatic hydroxyl groups excluding tert-OH is 1. The second-order valence-electron chi connectivity index (χ2n) is 8.53. The van der Waals surface area contributed by atoms with Gasteiger partial charge in [-0.05, 0) is 48.2 Å². The monoisotopic (exact) mass is 580 g/mol. The number of hydrogen-bond acceptors (Lipinski definition) is 8. The van der Waals surface area contributed by atoms with Crippen LogP contribution in [0.2, 0.25) is 5.02 Å². The zero-order valence-corrected chi connectivity index (χ0v) is 23.5. The number of aliphatic hydroxyl groups is 1. The van der Waals surface area contributed by atoms with Crippen molar-refractivity contribution in [3.8, 4) is 0 Å². The van der Waals surface area contributed by atoms with Gasteiger partial charge in [-0.25, -0.2) is 0 Å².